The van der Waals surface area contributed by atoms with Crippen LogP contribution in [0, 0.1) is 0 Å². The zero-order valence-corrected chi connectivity index (χ0v) is 13.6. The van der Waals surface area contributed by atoms with E-state index in [1.165, 1.54) is 18.4 Å². The summed E-state index contributed by atoms with van der Waals surface area (Å²) in [6.45, 7) is 0. The molecule has 0 unspecified atom stereocenters. The van der Waals surface area contributed by atoms with Crippen molar-refractivity contribution in [1.82, 2.24) is 0 Å². The van der Waals surface area contributed by atoms with E-state index in [1.807, 2.05) is 43.3 Å². The van der Waals surface area contributed by atoms with Gasteiger partial charge >= 0.3 is 0 Å². The summed E-state index contributed by atoms with van der Waals surface area (Å²) in [5.74, 6) is 0.385. The van der Waals surface area contributed by atoms with Crippen LogP contribution in [0.15, 0.2) is 58.4 Å². The molecule has 2 aromatic rings. The third kappa shape index (κ3) is 3.85. The highest BCUT2D eigenvalue weighted by atomic mass is 32.2. The number of anilines is 1. The van der Waals surface area contributed by atoms with Crippen LogP contribution in [0.3, 0.4) is 0 Å². The molecule has 2 aromatic carbocycles. The van der Waals surface area contributed by atoms with Gasteiger partial charge in [0.25, 0.3) is 0 Å². The molecule has 0 spiro atoms. The topological polar surface area (TPSA) is 75.8 Å². The quantitative estimate of drug-likeness (QED) is 0.693. The summed E-state index contributed by atoms with van der Waals surface area (Å²) in [6.07, 6.45) is 1.17. The fraction of sp³-hybridized carbons (Fsp3) is 0.188. The molecule has 0 aliphatic heterocycles. The van der Waals surface area contributed by atoms with Crippen LogP contribution >= 0.6 is 0 Å². The lowest BCUT2D eigenvalue weighted by atomic mass is 10.1. The highest BCUT2D eigenvalue weighted by Gasteiger charge is 2.06. The van der Waals surface area contributed by atoms with Gasteiger partial charge < -0.3 is 10.6 Å². The zero-order chi connectivity index (χ0) is 16.3. The van der Waals surface area contributed by atoms with E-state index in [2.05, 4.69) is 4.99 Å². The van der Waals surface area contributed by atoms with E-state index in [1.54, 1.807) is 12.1 Å². The van der Waals surface area contributed by atoms with E-state index < -0.39 is 9.84 Å². The van der Waals surface area contributed by atoms with E-state index in [0.717, 1.165) is 11.3 Å². The third-order valence-electron chi connectivity index (χ3n) is 3.17. The standard InChI is InChI=1S/C16H19N3O2S/c1-19(2)14-6-4-5-12(11-14)16(17)18-13-7-9-15(10-8-13)22(3,20)21/h4-11H,1-3H3,(H2,17,18). The highest BCUT2D eigenvalue weighted by Crippen LogP contribution is 2.18. The first-order valence-electron chi connectivity index (χ1n) is 6.69. The van der Waals surface area contributed by atoms with E-state index in [4.69, 9.17) is 5.73 Å². The predicted octanol–water partition coefficient (Wildman–Crippen LogP) is 2.19. The molecule has 22 heavy (non-hydrogen) atoms. The van der Waals surface area contributed by atoms with E-state index in [-0.39, 0.29) is 4.90 Å². The van der Waals surface area contributed by atoms with Crippen LogP contribution in [0.1, 0.15) is 5.56 Å². The van der Waals surface area contributed by atoms with Crippen molar-refractivity contribution in [2.75, 3.05) is 25.3 Å². The fourth-order valence-electron chi connectivity index (χ4n) is 1.91. The van der Waals surface area contributed by atoms with Gasteiger partial charge in [-0.05, 0) is 36.4 Å². The molecular formula is C16H19N3O2S. The van der Waals surface area contributed by atoms with Crippen LogP contribution in [0.2, 0.25) is 0 Å². The second kappa shape index (κ2) is 6.19. The van der Waals surface area contributed by atoms with E-state index in [0.29, 0.717) is 11.5 Å². The largest absolute Gasteiger partial charge is 0.383 e. The molecular weight excluding hydrogens is 298 g/mol. The van der Waals surface area contributed by atoms with Crippen LogP contribution in [0.25, 0.3) is 0 Å². The Labute approximate surface area is 131 Å². The Balaban J connectivity index is 2.31. The normalized spacial score (nSPS) is 12.2. The molecule has 0 saturated heterocycles. The van der Waals surface area contributed by atoms with Gasteiger partial charge in [0.15, 0.2) is 9.84 Å². The number of amidine groups is 1. The number of benzene rings is 2. The summed E-state index contributed by atoms with van der Waals surface area (Å²) < 4.78 is 22.8. The van der Waals surface area contributed by atoms with Crippen LogP contribution in [0.4, 0.5) is 11.4 Å². The van der Waals surface area contributed by atoms with Gasteiger partial charge in [0, 0.05) is 31.6 Å². The van der Waals surface area contributed by atoms with Crippen molar-refractivity contribution in [2.24, 2.45) is 10.7 Å². The van der Waals surface area contributed by atoms with Crippen molar-refractivity contribution in [2.45, 2.75) is 4.90 Å². The molecule has 5 nitrogen and oxygen atoms in total. The first-order valence-corrected chi connectivity index (χ1v) is 8.58. The van der Waals surface area contributed by atoms with Gasteiger partial charge in [-0.25, -0.2) is 13.4 Å². The Bertz CT molecular complexity index is 794. The van der Waals surface area contributed by atoms with E-state index in [9.17, 15) is 8.42 Å². The molecule has 6 heteroatoms. The number of aliphatic imine (C=N–C) groups is 1. The molecule has 0 saturated carbocycles. The van der Waals surface area contributed by atoms with Crippen LogP contribution in [0.5, 0.6) is 0 Å². The van der Waals surface area contributed by atoms with Crippen molar-refractivity contribution in [3.8, 4) is 0 Å². The first kappa shape index (κ1) is 16.0. The second-order valence-corrected chi connectivity index (χ2v) is 7.22. The maximum Gasteiger partial charge on any atom is 0.175 e. The molecule has 0 bridgehead atoms. The first-order chi connectivity index (χ1) is 10.3. The molecule has 0 aromatic heterocycles. The smallest absolute Gasteiger partial charge is 0.175 e. The molecule has 0 atom stereocenters. The molecule has 0 radical (unpaired) electrons. The number of hydrogen-bond acceptors (Lipinski definition) is 4. The number of hydrogen-bond donors (Lipinski definition) is 1. The van der Waals surface area contributed by atoms with Gasteiger partial charge in [-0.3, -0.25) is 0 Å². The molecule has 116 valence electrons. The number of nitrogens with two attached hydrogens (primary N) is 1. The summed E-state index contributed by atoms with van der Waals surface area (Å²) >= 11 is 0. The minimum Gasteiger partial charge on any atom is -0.383 e. The molecule has 0 aliphatic rings. The van der Waals surface area contributed by atoms with Crippen molar-refractivity contribution >= 4 is 27.0 Å². The Hall–Kier alpha value is -2.34. The van der Waals surface area contributed by atoms with Gasteiger partial charge in [0.1, 0.15) is 5.84 Å². The molecule has 2 N–H and O–H groups in total. The van der Waals surface area contributed by atoms with Crippen LogP contribution in [-0.2, 0) is 9.84 Å². The molecule has 0 amide bonds. The monoisotopic (exact) mass is 317 g/mol. The third-order valence-corrected chi connectivity index (χ3v) is 4.30. The Morgan fingerprint density at radius 1 is 1.09 bits per heavy atom. The zero-order valence-electron chi connectivity index (χ0n) is 12.8. The summed E-state index contributed by atoms with van der Waals surface area (Å²) in [5, 5.41) is 0. The van der Waals surface area contributed by atoms with Crippen LogP contribution < -0.4 is 10.6 Å². The molecule has 0 fully saturated rings. The maximum absolute atomic E-state index is 11.4. The van der Waals surface area contributed by atoms with Gasteiger partial charge in [0.2, 0.25) is 0 Å². The van der Waals surface area contributed by atoms with Gasteiger partial charge in [-0.15, -0.1) is 0 Å². The van der Waals surface area contributed by atoms with Gasteiger partial charge in [-0.2, -0.15) is 0 Å². The highest BCUT2D eigenvalue weighted by molar-refractivity contribution is 7.90. The van der Waals surface area contributed by atoms with E-state index >= 15 is 0 Å². The summed E-state index contributed by atoms with van der Waals surface area (Å²) in [6, 6.07) is 14.1. The average molecular weight is 317 g/mol. The SMILES string of the molecule is CN(C)c1cccc(C(N)=Nc2ccc(S(C)(=O)=O)cc2)c1. The molecule has 0 heterocycles. The van der Waals surface area contributed by atoms with Crippen molar-refractivity contribution < 1.29 is 8.42 Å². The lowest BCUT2D eigenvalue weighted by Gasteiger charge is -2.13. The van der Waals surface area contributed by atoms with Crippen molar-refractivity contribution in [3.05, 3.63) is 54.1 Å². The Morgan fingerprint density at radius 2 is 1.73 bits per heavy atom. The summed E-state index contributed by atoms with van der Waals surface area (Å²) in [7, 11) is 0.709. The predicted molar refractivity (Wildman–Crippen MR) is 90.7 cm³/mol. The number of nitrogens with zero attached hydrogens (tertiary/aromatic N) is 2. The summed E-state index contributed by atoms with van der Waals surface area (Å²) in [5.41, 5.74) is 8.49. The van der Waals surface area contributed by atoms with Crippen molar-refractivity contribution in [3.63, 3.8) is 0 Å². The molecule has 0 aliphatic carbocycles. The Kier molecular flexibility index (Phi) is 4.51. The van der Waals surface area contributed by atoms with Crippen molar-refractivity contribution in [1.29, 1.82) is 0 Å². The lowest BCUT2D eigenvalue weighted by Crippen LogP contribution is -2.15. The lowest BCUT2D eigenvalue weighted by molar-refractivity contribution is 0.602. The van der Waals surface area contributed by atoms with Crippen LogP contribution in [-0.4, -0.2) is 34.6 Å². The second-order valence-electron chi connectivity index (χ2n) is 5.21. The average Bonchev–Trinajstić information content (AvgIpc) is 2.47. The minimum atomic E-state index is -3.20. The van der Waals surface area contributed by atoms with Gasteiger partial charge in [-0.1, -0.05) is 12.1 Å². The Morgan fingerprint density at radius 3 is 2.27 bits per heavy atom. The fourth-order valence-corrected chi connectivity index (χ4v) is 2.55. The number of rotatable bonds is 4. The minimum absolute atomic E-state index is 0.264. The van der Waals surface area contributed by atoms with Gasteiger partial charge in [0.05, 0.1) is 10.6 Å². The number of sulfone groups is 1. The molecule has 2 rings (SSSR count). The summed E-state index contributed by atoms with van der Waals surface area (Å²) in [4.78, 5) is 6.58. The maximum atomic E-state index is 11.4.